The van der Waals surface area contributed by atoms with Crippen molar-refractivity contribution in [2.45, 2.75) is 0 Å². The Morgan fingerprint density at radius 1 is 1.05 bits per heavy atom. The van der Waals surface area contributed by atoms with Crippen LogP contribution in [0.4, 0.5) is 5.69 Å². The first kappa shape index (κ1) is 13.4. The van der Waals surface area contributed by atoms with Gasteiger partial charge in [-0.1, -0.05) is 0 Å². The molecule has 1 aromatic rings. The van der Waals surface area contributed by atoms with Crippen molar-refractivity contribution >= 4 is 39.0 Å². The van der Waals surface area contributed by atoms with E-state index in [1.54, 1.807) is 0 Å². The molecule has 0 N–H and O–H groups in total. The van der Waals surface area contributed by atoms with Crippen molar-refractivity contribution in [2.24, 2.45) is 0 Å². The quantitative estimate of drug-likeness (QED) is 0.603. The number of nitro benzene ring substituents is 1. The summed E-state index contributed by atoms with van der Waals surface area (Å²) in [7, 11) is 0. The molecule has 0 aromatic heterocycles. The first-order chi connectivity index (χ1) is 9.90. The summed E-state index contributed by atoms with van der Waals surface area (Å²) in [5.41, 5.74) is 1.20. The Labute approximate surface area is 125 Å². The van der Waals surface area contributed by atoms with Gasteiger partial charge in [-0.25, -0.2) is 0 Å². The van der Waals surface area contributed by atoms with Crippen LogP contribution in [0.15, 0.2) is 40.0 Å². The predicted molar refractivity (Wildman–Crippen MR) is 77.0 cm³/mol. The van der Waals surface area contributed by atoms with E-state index in [0.29, 0.717) is 21.2 Å². The van der Waals surface area contributed by atoms with E-state index in [1.807, 2.05) is 0 Å². The number of allylic oxidation sites excluding steroid dienone is 4. The van der Waals surface area contributed by atoms with E-state index < -0.39 is 21.3 Å². The summed E-state index contributed by atoms with van der Waals surface area (Å²) in [5.74, 6) is -0.697. The van der Waals surface area contributed by atoms with Gasteiger partial charge in [0.2, 0.25) is 0 Å². The third-order valence-corrected chi connectivity index (χ3v) is 3.89. The molecule has 3 rings (SSSR count). The predicted octanol–water partition coefficient (Wildman–Crippen LogP) is 2.84. The number of nitro groups is 2. The van der Waals surface area contributed by atoms with Crippen molar-refractivity contribution in [3.8, 4) is 0 Å². The third-order valence-electron chi connectivity index (χ3n) is 3.26. The number of hydrogen-bond acceptors (Lipinski definition) is 5. The van der Waals surface area contributed by atoms with E-state index in [0.717, 1.165) is 6.08 Å². The maximum Gasteiger partial charge on any atom is 0.318 e. The molecule has 0 saturated carbocycles. The van der Waals surface area contributed by atoms with Crippen LogP contribution in [0.5, 0.6) is 0 Å². The van der Waals surface area contributed by atoms with Crippen LogP contribution in [0.3, 0.4) is 0 Å². The maximum atomic E-state index is 12.1. The Hall–Kier alpha value is -2.61. The largest absolute Gasteiger partial charge is 0.318 e. The minimum absolute atomic E-state index is 0.101. The number of fused-ring (bicyclic) bond motifs is 3. The van der Waals surface area contributed by atoms with Gasteiger partial charge in [-0.05, 0) is 39.2 Å². The fraction of sp³-hybridized carbons (Fsp3) is 0. The molecule has 0 atom stereocenters. The number of hydrogen-bond donors (Lipinski definition) is 0. The highest BCUT2D eigenvalue weighted by molar-refractivity contribution is 9.12. The molecule has 0 bridgehead atoms. The molecule has 8 heteroatoms. The SMILES string of the molecule is O=C1C2=Cc3cc([N+](=O)[O-])ccc3C2=C(Br)C=C1[N+](=O)[O-]. The summed E-state index contributed by atoms with van der Waals surface area (Å²) >= 11 is 3.22. The number of rotatable bonds is 2. The van der Waals surface area contributed by atoms with Crippen molar-refractivity contribution in [2.75, 3.05) is 0 Å². The standard InChI is InChI=1S/C13H5BrN2O5/c14-10-5-11(16(20)21)13(17)9-4-6-3-7(15(18)19)1-2-8(6)12(9)10/h1-5H. The Morgan fingerprint density at radius 3 is 2.38 bits per heavy atom. The molecule has 104 valence electrons. The van der Waals surface area contributed by atoms with E-state index in [9.17, 15) is 25.0 Å². The first-order valence-electron chi connectivity index (χ1n) is 5.71. The van der Waals surface area contributed by atoms with E-state index in [4.69, 9.17) is 0 Å². The maximum absolute atomic E-state index is 12.1. The summed E-state index contributed by atoms with van der Waals surface area (Å²) in [4.78, 5) is 32.5. The average molecular weight is 349 g/mol. The van der Waals surface area contributed by atoms with Crippen LogP contribution in [-0.4, -0.2) is 15.6 Å². The molecule has 0 radical (unpaired) electrons. The minimum atomic E-state index is -0.743. The molecule has 2 aliphatic carbocycles. The summed E-state index contributed by atoms with van der Waals surface area (Å²) in [6.45, 7) is 0. The summed E-state index contributed by atoms with van der Waals surface area (Å²) in [6, 6.07) is 4.21. The Kier molecular flexibility index (Phi) is 2.84. The van der Waals surface area contributed by atoms with E-state index >= 15 is 0 Å². The van der Waals surface area contributed by atoms with E-state index in [1.165, 1.54) is 24.3 Å². The number of non-ortho nitro benzene ring substituents is 1. The number of benzene rings is 1. The minimum Gasteiger partial charge on any atom is -0.282 e. The Balaban J connectivity index is 2.22. The molecule has 0 aliphatic heterocycles. The van der Waals surface area contributed by atoms with Gasteiger partial charge in [0.05, 0.1) is 9.85 Å². The van der Waals surface area contributed by atoms with Gasteiger partial charge in [-0.2, -0.15) is 0 Å². The molecular formula is C13H5BrN2O5. The number of halogens is 1. The van der Waals surface area contributed by atoms with Gasteiger partial charge in [0.15, 0.2) is 0 Å². The zero-order valence-corrected chi connectivity index (χ0v) is 11.8. The van der Waals surface area contributed by atoms with Gasteiger partial charge in [-0.15, -0.1) is 0 Å². The van der Waals surface area contributed by atoms with Crippen LogP contribution < -0.4 is 0 Å². The fourth-order valence-corrected chi connectivity index (χ4v) is 3.00. The molecule has 0 amide bonds. The van der Waals surface area contributed by atoms with Gasteiger partial charge in [0, 0.05) is 33.8 Å². The van der Waals surface area contributed by atoms with Crippen LogP contribution in [0, 0.1) is 20.2 Å². The second kappa shape index (κ2) is 4.45. The van der Waals surface area contributed by atoms with Crippen LogP contribution in [0.1, 0.15) is 11.1 Å². The topological polar surface area (TPSA) is 103 Å². The smallest absolute Gasteiger partial charge is 0.282 e. The first-order valence-corrected chi connectivity index (χ1v) is 6.51. The molecule has 0 heterocycles. The van der Waals surface area contributed by atoms with Crippen molar-refractivity contribution in [3.63, 3.8) is 0 Å². The monoisotopic (exact) mass is 348 g/mol. The lowest BCUT2D eigenvalue weighted by molar-refractivity contribution is -0.418. The summed E-state index contributed by atoms with van der Waals surface area (Å²) in [5, 5.41) is 21.7. The highest BCUT2D eigenvalue weighted by Crippen LogP contribution is 2.44. The van der Waals surface area contributed by atoms with E-state index in [2.05, 4.69) is 15.9 Å². The van der Waals surface area contributed by atoms with Crippen LogP contribution in [0.2, 0.25) is 0 Å². The van der Waals surface area contributed by atoms with Gasteiger partial charge >= 0.3 is 5.70 Å². The zero-order chi connectivity index (χ0) is 15.3. The second-order valence-corrected chi connectivity index (χ2v) is 5.28. The van der Waals surface area contributed by atoms with E-state index in [-0.39, 0.29) is 11.3 Å². The highest BCUT2D eigenvalue weighted by Gasteiger charge is 2.37. The molecule has 0 fully saturated rings. The van der Waals surface area contributed by atoms with Crippen LogP contribution >= 0.6 is 15.9 Å². The van der Waals surface area contributed by atoms with Crippen molar-refractivity contribution in [1.29, 1.82) is 0 Å². The molecule has 0 spiro atoms. The third kappa shape index (κ3) is 1.91. The normalized spacial score (nSPS) is 16.1. The molecule has 2 aliphatic rings. The number of ketones is 1. The highest BCUT2D eigenvalue weighted by atomic mass is 79.9. The van der Waals surface area contributed by atoms with Gasteiger partial charge < -0.3 is 0 Å². The van der Waals surface area contributed by atoms with Crippen molar-refractivity contribution in [3.05, 3.63) is 71.4 Å². The molecule has 0 unspecified atom stereocenters. The molecule has 7 nitrogen and oxygen atoms in total. The summed E-state index contributed by atoms with van der Waals surface area (Å²) < 4.78 is 0.410. The second-order valence-electron chi connectivity index (χ2n) is 4.43. The lowest BCUT2D eigenvalue weighted by atomic mass is 9.94. The molecule has 1 aromatic carbocycles. The molecule has 0 saturated heterocycles. The lowest BCUT2D eigenvalue weighted by Crippen LogP contribution is -2.16. The Bertz CT molecular complexity index is 835. The zero-order valence-electron chi connectivity index (χ0n) is 10.2. The summed E-state index contributed by atoms with van der Waals surface area (Å²) in [6.07, 6.45) is 2.60. The van der Waals surface area contributed by atoms with Crippen LogP contribution in [-0.2, 0) is 4.79 Å². The average Bonchev–Trinajstić information content (AvgIpc) is 2.81. The van der Waals surface area contributed by atoms with Crippen LogP contribution in [0.25, 0.3) is 11.6 Å². The van der Waals surface area contributed by atoms with Crippen molar-refractivity contribution < 1.29 is 14.6 Å². The van der Waals surface area contributed by atoms with Gasteiger partial charge in [0.1, 0.15) is 0 Å². The Morgan fingerprint density at radius 2 is 1.76 bits per heavy atom. The molecule has 21 heavy (non-hydrogen) atoms. The van der Waals surface area contributed by atoms with Gasteiger partial charge in [-0.3, -0.25) is 25.0 Å². The fourth-order valence-electron chi connectivity index (χ4n) is 2.35. The number of carbonyl (C=O) groups is 1. The van der Waals surface area contributed by atoms with Gasteiger partial charge in [0.25, 0.3) is 11.5 Å². The number of nitrogens with zero attached hydrogens (tertiary/aromatic N) is 2. The number of Topliss-reactive ketones (excluding diaryl/α,β-unsaturated/α-hetero) is 1. The lowest BCUT2D eigenvalue weighted by Gasteiger charge is -2.11. The molecular weight excluding hydrogens is 344 g/mol. The van der Waals surface area contributed by atoms with Crippen molar-refractivity contribution in [1.82, 2.24) is 0 Å². The number of carbonyl (C=O) groups excluding carboxylic acids is 1.